The minimum atomic E-state index is 0.202. The van der Waals surface area contributed by atoms with Crippen molar-refractivity contribution < 1.29 is 4.74 Å². The Morgan fingerprint density at radius 1 is 1.00 bits per heavy atom. The van der Waals surface area contributed by atoms with E-state index in [2.05, 4.69) is 12.2 Å². The van der Waals surface area contributed by atoms with Gasteiger partial charge in [0.25, 0.3) is 0 Å². The molecule has 0 radical (unpaired) electrons. The summed E-state index contributed by atoms with van der Waals surface area (Å²) in [6, 6.07) is 0.817. The zero-order valence-corrected chi connectivity index (χ0v) is 11.9. The maximum Gasteiger partial charge on any atom is 0.0810 e. The Morgan fingerprint density at radius 2 is 1.67 bits per heavy atom. The highest BCUT2D eigenvalue weighted by Crippen LogP contribution is 2.38. The van der Waals surface area contributed by atoms with Gasteiger partial charge < -0.3 is 10.1 Å². The number of ether oxygens (including phenoxy) is 1. The fourth-order valence-corrected chi connectivity index (χ4v) is 3.67. The van der Waals surface area contributed by atoms with E-state index in [0.717, 1.165) is 18.5 Å². The normalized spacial score (nSPS) is 35.8. The van der Waals surface area contributed by atoms with Crippen LogP contribution in [-0.4, -0.2) is 24.3 Å². The second-order valence-corrected chi connectivity index (χ2v) is 7.05. The lowest BCUT2D eigenvalue weighted by molar-refractivity contribution is -0.104. The minimum Gasteiger partial charge on any atom is -0.370 e. The molecule has 2 nitrogen and oxygen atoms in total. The third-order valence-electron chi connectivity index (χ3n) is 5.18. The Morgan fingerprint density at radius 3 is 2.28 bits per heavy atom. The number of hydrogen-bond acceptors (Lipinski definition) is 2. The highest BCUT2D eigenvalue weighted by molar-refractivity contribution is 4.93. The van der Waals surface area contributed by atoms with Crippen molar-refractivity contribution in [2.45, 2.75) is 88.9 Å². The average Bonchev–Trinajstić information content (AvgIpc) is 3.10. The van der Waals surface area contributed by atoms with Crippen LogP contribution in [0.5, 0.6) is 0 Å². The second-order valence-electron chi connectivity index (χ2n) is 7.05. The molecule has 3 saturated carbocycles. The SMILES string of the molecule is CC1CCC(OC2(CNC3CC3)CCCC2)CC1. The predicted molar refractivity (Wildman–Crippen MR) is 74.7 cm³/mol. The molecule has 1 N–H and O–H groups in total. The Bertz CT molecular complexity index is 260. The fraction of sp³-hybridized carbons (Fsp3) is 1.00. The Hall–Kier alpha value is -0.0800. The standard InChI is InChI=1S/C16H29NO/c1-13-4-8-15(9-5-13)18-16(10-2-3-11-16)12-17-14-6-7-14/h13-15,17H,2-12H2,1H3. The van der Waals surface area contributed by atoms with Crippen LogP contribution in [0.25, 0.3) is 0 Å². The van der Waals surface area contributed by atoms with E-state index in [9.17, 15) is 0 Å². The van der Waals surface area contributed by atoms with Gasteiger partial charge in [-0.15, -0.1) is 0 Å². The smallest absolute Gasteiger partial charge is 0.0810 e. The molecule has 2 heteroatoms. The molecule has 0 bridgehead atoms. The molecule has 3 aliphatic rings. The number of rotatable bonds is 5. The first-order chi connectivity index (χ1) is 8.76. The summed E-state index contributed by atoms with van der Waals surface area (Å²) < 4.78 is 6.60. The molecule has 0 amide bonds. The topological polar surface area (TPSA) is 21.3 Å². The summed E-state index contributed by atoms with van der Waals surface area (Å²) in [6.07, 6.45) is 14.0. The summed E-state index contributed by atoms with van der Waals surface area (Å²) in [6.45, 7) is 3.50. The van der Waals surface area contributed by atoms with Crippen LogP contribution in [0.4, 0.5) is 0 Å². The number of nitrogens with one attached hydrogen (secondary N) is 1. The molecule has 18 heavy (non-hydrogen) atoms. The molecule has 0 atom stereocenters. The van der Waals surface area contributed by atoms with Gasteiger partial charge in [-0.1, -0.05) is 19.8 Å². The Balaban J connectivity index is 1.52. The zero-order chi connectivity index (χ0) is 12.4. The van der Waals surface area contributed by atoms with Crippen molar-refractivity contribution in [1.82, 2.24) is 5.32 Å². The molecule has 0 aliphatic heterocycles. The highest BCUT2D eigenvalue weighted by Gasteiger charge is 2.38. The maximum atomic E-state index is 6.60. The molecule has 0 unspecified atom stereocenters. The van der Waals surface area contributed by atoms with Crippen LogP contribution >= 0.6 is 0 Å². The van der Waals surface area contributed by atoms with E-state index in [0.29, 0.717) is 6.10 Å². The van der Waals surface area contributed by atoms with Crippen LogP contribution in [0, 0.1) is 5.92 Å². The van der Waals surface area contributed by atoms with E-state index in [1.54, 1.807) is 0 Å². The molecule has 104 valence electrons. The van der Waals surface area contributed by atoms with Gasteiger partial charge in [-0.05, 0) is 57.3 Å². The third-order valence-corrected chi connectivity index (χ3v) is 5.18. The van der Waals surface area contributed by atoms with Gasteiger partial charge in [-0.25, -0.2) is 0 Å². The lowest BCUT2D eigenvalue weighted by Gasteiger charge is -2.37. The van der Waals surface area contributed by atoms with E-state index < -0.39 is 0 Å². The van der Waals surface area contributed by atoms with Crippen molar-refractivity contribution in [3.63, 3.8) is 0 Å². The zero-order valence-electron chi connectivity index (χ0n) is 11.9. The van der Waals surface area contributed by atoms with Crippen LogP contribution < -0.4 is 5.32 Å². The summed E-state index contributed by atoms with van der Waals surface area (Å²) in [4.78, 5) is 0. The molecule has 0 saturated heterocycles. The second kappa shape index (κ2) is 5.50. The molecule has 3 aliphatic carbocycles. The summed E-state index contributed by atoms with van der Waals surface area (Å²) in [5.74, 6) is 0.925. The van der Waals surface area contributed by atoms with Gasteiger partial charge in [-0.2, -0.15) is 0 Å². The van der Waals surface area contributed by atoms with E-state index >= 15 is 0 Å². The first-order valence-electron chi connectivity index (χ1n) is 8.17. The third kappa shape index (κ3) is 3.27. The van der Waals surface area contributed by atoms with Gasteiger partial charge in [0.1, 0.15) is 0 Å². The van der Waals surface area contributed by atoms with E-state index in [-0.39, 0.29) is 5.60 Å². The summed E-state index contributed by atoms with van der Waals surface area (Å²) >= 11 is 0. The van der Waals surface area contributed by atoms with Crippen LogP contribution in [-0.2, 0) is 4.74 Å². The molecular formula is C16H29NO. The molecule has 0 aromatic rings. The fourth-order valence-electron chi connectivity index (χ4n) is 3.67. The quantitative estimate of drug-likeness (QED) is 0.805. The summed E-state index contributed by atoms with van der Waals surface area (Å²) in [5, 5.41) is 3.71. The molecule has 0 aromatic carbocycles. The number of hydrogen-bond donors (Lipinski definition) is 1. The average molecular weight is 251 g/mol. The van der Waals surface area contributed by atoms with Crippen molar-refractivity contribution in [1.29, 1.82) is 0 Å². The van der Waals surface area contributed by atoms with Crippen molar-refractivity contribution in [2.75, 3.05) is 6.54 Å². The monoisotopic (exact) mass is 251 g/mol. The predicted octanol–water partition coefficient (Wildman–Crippen LogP) is 3.65. The Kier molecular flexibility index (Phi) is 3.95. The van der Waals surface area contributed by atoms with E-state index in [4.69, 9.17) is 4.74 Å². The molecular weight excluding hydrogens is 222 g/mol. The summed E-state index contributed by atoms with van der Waals surface area (Å²) in [5.41, 5.74) is 0.202. The van der Waals surface area contributed by atoms with Gasteiger partial charge in [0.15, 0.2) is 0 Å². The van der Waals surface area contributed by atoms with E-state index in [1.165, 1.54) is 64.2 Å². The van der Waals surface area contributed by atoms with Crippen molar-refractivity contribution >= 4 is 0 Å². The van der Waals surface area contributed by atoms with Crippen molar-refractivity contribution in [3.8, 4) is 0 Å². The van der Waals surface area contributed by atoms with Gasteiger partial charge in [0.05, 0.1) is 11.7 Å². The van der Waals surface area contributed by atoms with Crippen LogP contribution in [0.1, 0.15) is 71.1 Å². The van der Waals surface area contributed by atoms with Crippen molar-refractivity contribution in [3.05, 3.63) is 0 Å². The largest absolute Gasteiger partial charge is 0.370 e. The molecule has 0 aromatic heterocycles. The lowest BCUT2D eigenvalue weighted by atomic mass is 9.88. The molecule has 3 fully saturated rings. The molecule has 3 rings (SSSR count). The van der Waals surface area contributed by atoms with E-state index in [1.807, 2.05) is 0 Å². The molecule has 0 heterocycles. The van der Waals surface area contributed by atoms with Gasteiger partial charge in [-0.3, -0.25) is 0 Å². The lowest BCUT2D eigenvalue weighted by Crippen LogP contribution is -2.44. The van der Waals surface area contributed by atoms with Crippen molar-refractivity contribution in [2.24, 2.45) is 5.92 Å². The Labute approximate surface area is 112 Å². The highest BCUT2D eigenvalue weighted by atomic mass is 16.5. The van der Waals surface area contributed by atoms with Gasteiger partial charge in [0.2, 0.25) is 0 Å². The summed E-state index contributed by atoms with van der Waals surface area (Å²) in [7, 11) is 0. The van der Waals surface area contributed by atoms with Gasteiger partial charge in [0, 0.05) is 12.6 Å². The first-order valence-corrected chi connectivity index (χ1v) is 8.17. The van der Waals surface area contributed by atoms with Crippen LogP contribution in [0.2, 0.25) is 0 Å². The van der Waals surface area contributed by atoms with Gasteiger partial charge >= 0.3 is 0 Å². The van der Waals surface area contributed by atoms with Crippen LogP contribution in [0.15, 0.2) is 0 Å². The maximum absolute atomic E-state index is 6.60. The minimum absolute atomic E-state index is 0.202. The first kappa shape index (κ1) is 12.9. The van der Waals surface area contributed by atoms with Crippen LogP contribution in [0.3, 0.4) is 0 Å². The molecule has 0 spiro atoms.